The zero-order valence-electron chi connectivity index (χ0n) is 12.4. The van der Waals surface area contributed by atoms with Gasteiger partial charge in [-0.2, -0.15) is 0 Å². The smallest absolute Gasteiger partial charge is 0.407 e. The van der Waals surface area contributed by atoms with E-state index < -0.39 is 29.8 Å². The van der Waals surface area contributed by atoms with E-state index in [1.807, 2.05) is 6.92 Å². The van der Waals surface area contributed by atoms with Gasteiger partial charge in [-0.1, -0.05) is 13.3 Å². The van der Waals surface area contributed by atoms with Crippen LogP contribution in [-0.2, 0) is 14.3 Å². The van der Waals surface area contributed by atoms with Crippen LogP contribution in [0.15, 0.2) is 0 Å². The molecule has 0 aliphatic heterocycles. The maximum atomic E-state index is 11.6. The minimum atomic E-state index is -1.38. The lowest BCUT2D eigenvalue weighted by molar-refractivity contribution is -0.154. The van der Waals surface area contributed by atoms with Crippen LogP contribution in [0.1, 0.15) is 47.5 Å². The number of nitrogens with one attached hydrogen (secondary N) is 1. The Morgan fingerprint density at radius 1 is 1.26 bits per heavy atom. The molecule has 0 heterocycles. The van der Waals surface area contributed by atoms with Crippen molar-refractivity contribution in [2.75, 3.05) is 6.61 Å². The summed E-state index contributed by atoms with van der Waals surface area (Å²) in [6.07, 6.45) is -0.877. The fourth-order valence-corrected chi connectivity index (χ4v) is 1.47. The largest absolute Gasteiger partial charge is 0.464 e. The van der Waals surface area contributed by atoms with Crippen molar-refractivity contribution in [3.05, 3.63) is 0 Å². The van der Waals surface area contributed by atoms with Gasteiger partial charge in [0.15, 0.2) is 6.10 Å². The van der Waals surface area contributed by atoms with Crippen LogP contribution in [-0.4, -0.2) is 41.5 Å². The summed E-state index contributed by atoms with van der Waals surface area (Å²) in [6.45, 7) is 8.94. The van der Waals surface area contributed by atoms with E-state index in [0.717, 1.165) is 0 Å². The van der Waals surface area contributed by atoms with Gasteiger partial charge in [-0.05, 0) is 34.1 Å². The highest BCUT2D eigenvalue weighted by Crippen LogP contribution is 2.09. The number of hydrogen-bond donors (Lipinski definition) is 2. The van der Waals surface area contributed by atoms with Crippen LogP contribution >= 0.6 is 0 Å². The molecule has 0 spiro atoms. The number of amides is 1. The molecule has 0 aliphatic rings. The van der Waals surface area contributed by atoms with Gasteiger partial charge in [-0.25, -0.2) is 9.59 Å². The molecule has 0 rings (SSSR count). The van der Waals surface area contributed by atoms with Gasteiger partial charge in [0.2, 0.25) is 0 Å². The molecule has 0 fully saturated rings. The van der Waals surface area contributed by atoms with Gasteiger partial charge in [0.05, 0.1) is 12.6 Å². The summed E-state index contributed by atoms with van der Waals surface area (Å²) in [7, 11) is 0. The lowest BCUT2D eigenvalue weighted by Crippen LogP contribution is -2.48. The maximum Gasteiger partial charge on any atom is 0.407 e. The number of aliphatic hydroxyl groups is 1. The lowest BCUT2D eigenvalue weighted by atomic mass is 10.1. The van der Waals surface area contributed by atoms with Crippen molar-refractivity contribution in [3.63, 3.8) is 0 Å². The number of rotatable bonds is 6. The third kappa shape index (κ3) is 7.66. The summed E-state index contributed by atoms with van der Waals surface area (Å²) >= 11 is 0. The van der Waals surface area contributed by atoms with Gasteiger partial charge >= 0.3 is 12.1 Å². The Kier molecular flexibility index (Phi) is 7.44. The predicted molar refractivity (Wildman–Crippen MR) is 70.7 cm³/mol. The Morgan fingerprint density at radius 3 is 2.26 bits per heavy atom. The van der Waals surface area contributed by atoms with E-state index in [1.165, 1.54) is 0 Å². The highest BCUT2D eigenvalue weighted by Gasteiger charge is 2.29. The fraction of sp³-hybridized carbons (Fsp3) is 0.846. The lowest BCUT2D eigenvalue weighted by Gasteiger charge is -2.25. The zero-order chi connectivity index (χ0) is 15.1. The molecule has 2 atom stereocenters. The summed E-state index contributed by atoms with van der Waals surface area (Å²) in [4.78, 5) is 23.1. The zero-order valence-corrected chi connectivity index (χ0v) is 12.4. The minimum Gasteiger partial charge on any atom is -0.464 e. The molecule has 0 aliphatic carbocycles. The van der Waals surface area contributed by atoms with Gasteiger partial charge in [-0.3, -0.25) is 0 Å². The number of esters is 1. The molecule has 0 saturated carbocycles. The summed E-state index contributed by atoms with van der Waals surface area (Å²) in [5.41, 5.74) is -0.629. The average Bonchev–Trinajstić information content (AvgIpc) is 2.25. The summed E-state index contributed by atoms with van der Waals surface area (Å²) in [5, 5.41) is 12.3. The van der Waals surface area contributed by atoms with Crippen molar-refractivity contribution in [2.45, 2.75) is 65.2 Å². The number of carbonyl (C=O) groups is 2. The molecule has 6 nitrogen and oxygen atoms in total. The van der Waals surface area contributed by atoms with Crippen LogP contribution in [0, 0.1) is 0 Å². The fourth-order valence-electron chi connectivity index (χ4n) is 1.47. The van der Waals surface area contributed by atoms with Crippen LogP contribution < -0.4 is 5.32 Å². The SMILES string of the molecule is CCCC(NC(=O)OC(C)(C)C)C(O)C(=O)OCC. The van der Waals surface area contributed by atoms with Crippen LogP contribution in [0.25, 0.3) is 0 Å². The number of alkyl carbamates (subject to hydrolysis) is 1. The molecule has 0 aromatic heterocycles. The molecule has 0 aromatic rings. The molecular formula is C13H25NO5. The monoisotopic (exact) mass is 275 g/mol. The predicted octanol–water partition coefficient (Wildman–Crippen LogP) is 1.60. The average molecular weight is 275 g/mol. The molecule has 6 heteroatoms. The molecule has 19 heavy (non-hydrogen) atoms. The third-order valence-electron chi connectivity index (χ3n) is 2.21. The van der Waals surface area contributed by atoms with E-state index in [2.05, 4.69) is 5.32 Å². The van der Waals surface area contributed by atoms with E-state index in [0.29, 0.717) is 12.8 Å². The second kappa shape index (κ2) is 7.99. The van der Waals surface area contributed by atoms with E-state index in [4.69, 9.17) is 9.47 Å². The number of ether oxygens (including phenoxy) is 2. The van der Waals surface area contributed by atoms with Gasteiger partial charge in [0, 0.05) is 0 Å². The number of aliphatic hydroxyl groups excluding tert-OH is 1. The Balaban J connectivity index is 4.55. The molecule has 0 aromatic carbocycles. The van der Waals surface area contributed by atoms with Crippen LogP contribution in [0.3, 0.4) is 0 Å². The Morgan fingerprint density at radius 2 is 1.84 bits per heavy atom. The highest BCUT2D eigenvalue weighted by molar-refractivity contribution is 5.77. The Hall–Kier alpha value is -1.30. The quantitative estimate of drug-likeness (QED) is 0.719. The van der Waals surface area contributed by atoms with E-state index in [-0.39, 0.29) is 6.61 Å². The van der Waals surface area contributed by atoms with Gasteiger partial charge < -0.3 is 19.9 Å². The van der Waals surface area contributed by atoms with Gasteiger partial charge in [0.25, 0.3) is 0 Å². The maximum absolute atomic E-state index is 11.6. The van der Waals surface area contributed by atoms with Crippen LogP contribution in [0.4, 0.5) is 4.79 Å². The first-order valence-corrected chi connectivity index (χ1v) is 6.55. The Bertz CT molecular complexity index is 298. The molecule has 0 saturated heterocycles. The molecule has 1 amide bonds. The topological polar surface area (TPSA) is 84.9 Å². The van der Waals surface area contributed by atoms with Gasteiger partial charge in [-0.15, -0.1) is 0 Å². The van der Waals surface area contributed by atoms with E-state index in [1.54, 1.807) is 27.7 Å². The van der Waals surface area contributed by atoms with Crippen LogP contribution in [0.2, 0.25) is 0 Å². The van der Waals surface area contributed by atoms with Crippen molar-refractivity contribution < 1.29 is 24.2 Å². The normalized spacial score (nSPS) is 14.4. The first kappa shape index (κ1) is 17.7. The third-order valence-corrected chi connectivity index (χ3v) is 2.21. The standard InChI is InChI=1S/C13H25NO5/c1-6-8-9(10(15)11(16)18-7-2)14-12(17)19-13(3,4)5/h9-10,15H,6-8H2,1-5H3,(H,14,17). The molecule has 0 bridgehead atoms. The first-order chi connectivity index (χ1) is 8.71. The second-order valence-electron chi connectivity index (χ2n) is 5.24. The number of hydrogen-bond acceptors (Lipinski definition) is 5. The highest BCUT2D eigenvalue weighted by atomic mass is 16.6. The van der Waals surface area contributed by atoms with Crippen molar-refractivity contribution in [2.24, 2.45) is 0 Å². The molecule has 2 N–H and O–H groups in total. The minimum absolute atomic E-state index is 0.182. The molecule has 2 unspecified atom stereocenters. The summed E-state index contributed by atoms with van der Waals surface area (Å²) in [5.74, 6) is -0.739. The van der Waals surface area contributed by atoms with E-state index in [9.17, 15) is 14.7 Å². The molecular weight excluding hydrogens is 250 g/mol. The molecule has 112 valence electrons. The van der Waals surface area contributed by atoms with Crippen molar-refractivity contribution in [1.82, 2.24) is 5.32 Å². The van der Waals surface area contributed by atoms with E-state index >= 15 is 0 Å². The van der Waals surface area contributed by atoms with Crippen molar-refractivity contribution >= 4 is 12.1 Å². The first-order valence-electron chi connectivity index (χ1n) is 6.55. The van der Waals surface area contributed by atoms with Gasteiger partial charge in [0.1, 0.15) is 5.60 Å². The number of carbonyl (C=O) groups excluding carboxylic acids is 2. The molecule has 0 radical (unpaired) electrons. The van der Waals surface area contributed by atoms with Crippen LogP contribution in [0.5, 0.6) is 0 Å². The second-order valence-corrected chi connectivity index (χ2v) is 5.24. The summed E-state index contributed by atoms with van der Waals surface area (Å²) < 4.78 is 9.82. The van der Waals surface area contributed by atoms with Crippen molar-refractivity contribution in [1.29, 1.82) is 0 Å². The Labute approximate surface area is 114 Å². The summed E-state index contributed by atoms with van der Waals surface area (Å²) in [6, 6.07) is -0.709. The van der Waals surface area contributed by atoms with Crippen molar-refractivity contribution in [3.8, 4) is 0 Å².